The molecule has 2 rings (SSSR count). The number of hydrogen-bond donors (Lipinski definition) is 1. The van der Waals surface area contributed by atoms with Crippen molar-refractivity contribution in [3.8, 4) is 0 Å². The molecule has 14 heavy (non-hydrogen) atoms. The molecule has 0 saturated carbocycles. The zero-order chi connectivity index (χ0) is 10.1. The summed E-state index contributed by atoms with van der Waals surface area (Å²) in [5.41, 5.74) is 1.30. The number of epoxide rings is 1. The third kappa shape index (κ3) is 1.96. The van der Waals surface area contributed by atoms with Gasteiger partial charge in [0.05, 0.1) is 18.3 Å². The molecule has 1 unspecified atom stereocenters. The summed E-state index contributed by atoms with van der Waals surface area (Å²) < 4.78 is 5.77. The normalized spacial score (nSPS) is 19.4. The highest BCUT2D eigenvalue weighted by atomic mass is 79.9. The van der Waals surface area contributed by atoms with Crippen LogP contribution in [0.25, 0.3) is 0 Å². The molecule has 0 bridgehead atoms. The maximum Gasteiger partial charge on any atom is 0.336 e. The third-order valence-electron chi connectivity index (χ3n) is 2.16. The molecule has 0 spiro atoms. The van der Waals surface area contributed by atoms with Crippen LogP contribution in [0, 0.1) is 0 Å². The van der Waals surface area contributed by atoms with Crippen LogP contribution in [0.3, 0.4) is 0 Å². The van der Waals surface area contributed by atoms with Gasteiger partial charge in [-0.2, -0.15) is 0 Å². The van der Waals surface area contributed by atoms with Gasteiger partial charge in [-0.25, -0.2) is 4.79 Å². The number of carboxylic acids is 1. The van der Waals surface area contributed by atoms with Gasteiger partial charge in [0.25, 0.3) is 0 Å². The summed E-state index contributed by atoms with van der Waals surface area (Å²) in [7, 11) is 0. The average Bonchev–Trinajstić information content (AvgIpc) is 2.92. The highest BCUT2D eigenvalue weighted by Gasteiger charge is 2.24. The average molecular weight is 257 g/mol. The second-order valence-electron chi connectivity index (χ2n) is 3.24. The summed E-state index contributed by atoms with van der Waals surface area (Å²) in [6, 6.07) is 5.26. The third-order valence-corrected chi connectivity index (χ3v) is 3.10. The zero-order valence-electron chi connectivity index (χ0n) is 7.37. The summed E-state index contributed by atoms with van der Waals surface area (Å²) in [6.07, 6.45) is 1.05. The van der Waals surface area contributed by atoms with E-state index in [-0.39, 0.29) is 6.10 Å². The monoisotopic (exact) mass is 256 g/mol. The quantitative estimate of drug-likeness (QED) is 0.843. The van der Waals surface area contributed by atoms with Crippen LogP contribution < -0.4 is 0 Å². The Balaban J connectivity index is 2.30. The Bertz CT molecular complexity index is 372. The van der Waals surface area contributed by atoms with Crippen LogP contribution in [0.5, 0.6) is 0 Å². The second-order valence-corrected chi connectivity index (χ2v) is 4.04. The van der Waals surface area contributed by atoms with Gasteiger partial charge in [-0.1, -0.05) is 12.1 Å². The molecular weight excluding hydrogens is 248 g/mol. The van der Waals surface area contributed by atoms with E-state index in [0.29, 0.717) is 10.0 Å². The minimum absolute atomic E-state index is 0.273. The van der Waals surface area contributed by atoms with E-state index in [1.54, 1.807) is 12.1 Å². The van der Waals surface area contributed by atoms with Crippen molar-refractivity contribution in [2.45, 2.75) is 12.5 Å². The van der Waals surface area contributed by atoms with E-state index < -0.39 is 5.97 Å². The van der Waals surface area contributed by atoms with Crippen LogP contribution in [0.4, 0.5) is 0 Å². The first-order valence-corrected chi connectivity index (χ1v) is 5.10. The number of carboxylic acid groups (broad SMARTS) is 1. The van der Waals surface area contributed by atoms with Crippen molar-refractivity contribution in [1.29, 1.82) is 0 Å². The summed E-state index contributed by atoms with van der Waals surface area (Å²) in [6.45, 7) is 0.781. The Labute approximate surface area is 89.8 Å². The lowest BCUT2D eigenvalue weighted by Gasteiger charge is -2.04. The van der Waals surface area contributed by atoms with E-state index in [2.05, 4.69) is 15.9 Å². The van der Waals surface area contributed by atoms with E-state index in [0.717, 1.165) is 18.6 Å². The highest BCUT2D eigenvalue weighted by molar-refractivity contribution is 9.10. The Morgan fingerprint density at radius 3 is 2.93 bits per heavy atom. The van der Waals surface area contributed by atoms with Crippen LogP contribution in [0.2, 0.25) is 0 Å². The van der Waals surface area contributed by atoms with E-state index >= 15 is 0 Å². The van der Waals surface area contributed by atoms with Gasteiger partial charge in [-0.15, -0.1) is 0 Å². The fraction of sp³-hybridized carbons (Fsp3) is 0.300. The number of hydrogen-bond acceptors (Lipinski definition) is 2. The van der Waals surface area contributed by atoms with Crippen molar-refractivity contribution in [2.24, 2.45) is 0 Å². The van der Waals surface area contributed by atoms with Crippen LogP contribution in [0.15, 0.2) is 22.7 Å². The molecule has 1 atom stereocenters. The fourth-order valence-corrected chi connectivity index (χ4v) is 1.93. The zero-order valence-corrected chi connectivity index (χ0v) is 8.95. The van der Waals surface area contributed by atoms with Gasteiger partial charge < -0.3 is 9.84 Å². The first kappa shape index (κ1) is 9.68. The molecular formula is C10H9BrO3. The van der Waals surface area contributed by atoms with Crippen molar-refractivity contribution in [2.75, 3.05) is 6.61 Å². The van der Waals surface area contributed by atoms with Crippen LogP contribution in [-0.2, 0) is 11.2 Å². The Morgan fingerprint density at radius 2 is 2.36 bits per heavy atom. The molecule has 4 heteroatoms. The van der Waals surface area contributed by atoms with Gasteiger partial charge in [0.1, 0.15) is 0 Å². The molecule has 1 saturated heterocycles. The lowest BCUT2D eigenvalue weighted by molar-refractivity contribution is 0.0695. The molecule has 1 fully saturated rings. The molecule has 1 heterocycles. The molecule has 3 nitrogen and oxygen atoms in total. The SMILES string of the molecule is O=C(O)c1cccc(CC2CO2)c1Br. The molecule has 0 aliphatic carbocycles. The van der Waals surface area contributed by atoms with Crippen molar-refractivity contribution >= 4 is 21.9 Å². The summed E-state index contributed by atoms with van der Waals surface area (Å²) in [4.78, 5) is 10.8. The number of ether oxygens (including phenoxy) is 1. The smallest absolute Gasteiger partial charge is 0.336 e. The van der Waals surface area contributed by atoms with E-state index in [4.69, 9.17) is 9.84 Å². The lowest BCUT2D eigenvalue weighted by atomic mass is 10.1. The first-order valence-electron chi connectivity index (χ1n) is 4.31. The van der Waals surface area contributed by atoms with Gasteiger partial charge in [0, 0.05) is 10.9 Å². The largest absolute Gasteiger partial charge is 0.478 e. The van der Waals surface area contributed by atoms with E-state index in [1.807, 2.05) is 6.07 Å². The first-order chi connectivity index (χ1) is 6.68. The summed E-state index contributed by atoms with van der Waals surface area (Å²) in [5.74, 6) is -0.907. The fourth-order valence-electron chi connectivity index (χ4n) is 1.33. The van der Waals surface area contributed by atoms with E-state index in [1.165, 1.54) is 0 Å². The number of rotatable bonds is 3. The predicted octanol–water partition coefficient (Wildman–Crippen LogP) is 2.09. The number of carbonyl (C=O) groups is 1. The minimum Gasteiger partial charge on any atom is -0.478 e. The second kappa shape index (κ2) is 3.71. The van der Waals surface area contributed by atoms with Gasteiger partial charge >= 0.3 is 5.97 Å². The van der Waals surface area contributed by atoms with Crippen molar-refractivity contribution in [1.82, 2.24) is 0 Å². The van der Waals surface area contributed by atoms with Crippen LogP contribution in [0.1, 0.15) is 15.9 Å². The maximum absolute atomic E-state index is 10.8. The molecule has 1 aliphatic rings. The minimum atomic E-state index is -0.907. The Kier molecular flexibility index (Phi) is 2.56. The van der Waals surface area contributed by atoms with Crippen molar-refractivity contribution < 1.29 is 14.6 Å². The molecule has 0 amide bonds. The Morgan fingerprint density at radius 1 is 1.64 bits per heavy atom. The standard InChI is InChI=1S/C10H9BrO3/c11-9-6(4-7-5-14-7)2-1-3-8(9)10(12)13/h1-3,7H,4-5H2,(H,12,13). The topological polar surface area (TPSA) is 49.8 Å². The van der Waals surface area contributed by atoms with Crippen molar-refractivity contribution in [3.05, 3.63) is 33.8 Å². The maximum atomic E-state index is 10.8. The Hall–Kier alpha value is -0.870. The van der Waals surface area contributed by atoms with E-state index in [9.17, 15) is 4.79 Å². The molecule has 1 aromatic rings. The van der Waals surface area contributed by atoms with Crippen LogP contribution in [-0.4, -0.2) is 23.8 Å². The van der Waals surface area contributed by atoms with Gasteiger partial charge in [-0.3, -0.25) is 0 Å². The van der Waals surface area contributed by atoms with Gasteiger partial charge in [0.15, 0.2) is 0 Å². The summed E-state index contributed by atoms with van der Waals surface area (Å²) in [5, 5.41) is 8.88. The van der Waals surface area contributed by atoms with Crippen molar-refractivity contribution in [3.63, 3.8) is 0 Å². The number of halogens is 1. The van der Waals surface area contributed by atoms with Gasteiger partial charge in [0.2, 0.25) is 0 Å². The molecule has 1 N–H and O–H groups in total. The number of aromatic carboxylic acids is 1. The predicted molar refractivity (Wildman–Crippen MR) is 54.5 cm³/mol. The molecule has 0 radical (unpaired) electrons. The summed E-state index contributed by atoms with van der Waals surface area (Å²) >= 11 is 3.30. The number of benzene rings is 1. The molecule has 0 aromatic heterocycles. The molecule has 74 valence electrons. The van der Waals surface area contributed by atoms with Crippen LogP contribution >= 0.6 is 15.9 Å². The molecule has 1 aliphatic heterocycles. The molecule has 1 aromatic carbocycles. The highest BCUT2D eigenvalue weighted by Crippen LogP contribution is 2.26. The van der Waals surface area contributed by atoms with Gasteiger partial charge in [-0.05, 0) is 27.6 Å². The lowest BCUT2D eigenvalue weighted by Crippen LogP contribution is -2.02.